The zero-order valence-electron chi connectivity index (χ0n) is 17.5. The number of cyclic esters (lactones) is 1. The van der Waals surface area contributed by atoms with Gasteiger partial charge in [-0.1, -0.05) is 35.9 Å². The van der Waals surface area contributed by atoms with Crippen LogP contribution in [0.5, 0.6) is 5.75 Å². The molecule has 2 aliphatic rings. The van der Waals surface area contributed by atoms with Gasteiger partial charge in [-0.25, -0.2) is 9.18 Å². The van der Waals surface area contributed by atoms with Crippen molar-refractivity contribution in [1.29, 1.82) is 0 Å². The first kappa shape index (κ1) is 21.2. The molecule has 3 aromatic carbocycles. The number of benzene rings is 3. The summed E-state index contributed by atoms with van der Waals surface area (Å²) in [6, 6.07) is 20.3. The van der Waals surface area contributed by atoms with Gasteiger partial charge >= 0.3 is 5.97 Å². The number of hydrogen-bond acceptors (Lipinski definition) is 4. The van der Waals surface area contributed by atoms with Crippen molar-refractivity contribution in [3.8, 4) is 5.75 Å². The maximum atomic E-state index is 13.1. The smallest absolute Gasteiger partial charge is 0.336 e. The topological polar surface area (TPSA) is 55.8 Å². The van der Waals surface area contributed by atoms with Crippen LogP contribution in [0.1, 0.15) is 23.5 Å². The van der Waals surface area contributed by atoms with Crippen molar-refractivity contribution < 1.29 is 23.5 Å². The predicted molar refractivity (Wildman–Crippen MR) is 121 cm³/mol. The number of amides is 1. The van der Waals surface area contributed by atoms with Crippen LogP contribution < -0.4 is 9.64 Å². The van der Waals surface area contributed by atoms with Gasteiger partial charge < -0.3 is 9.47 Å². The lowest BCUT2D eigenvalue weighted by Crippen LogP contribution is -2.37. The molecule has 2 aliphatic heterocycles. The summed E-state index contributed by atoms with van der Waals surface area (Å²) >= 11 is 5.98. The van der Waals surface area contributed by atoms with E-state index in [-0.39, 0.29) is 24.8 Å². The van der Waals surface area contributed by atoms with Crippen LogP contribution in [0.2, 0.25) is 5.02 Å². The van der Waals surface area contributed by atoms with E-state index < -0.39 is 11.9 Å². The summed E-state index contributed by atoms with van der Waals surface area (Å²) in [7, 11) is 0. The third-order valence-corrected chi connectivity index (χ3v) is 6.06. The van der Waals surface area contributed by atoms with Crippen molar-refractivity contribution in [3.63, 3.8) is 0 Å². The predicted octanol–water partition coefficient (Wildman–Crippen LogP) is 5.39. The molecule has 2 heterocycles. The van der Waals surface area contributed by atoms with Crippen LogP contribution in [0, 0.1) is 5.82 Å². The van der Waals surface area contributed by atoms with E-state index in [0.717, 1.165) is 11.1 Å². The number of carbonyl (C=O) groups is 2. The number of carbonyl (C=O) groups excluding carboxylic acids is 2. The van der Waals surface area contributed by atoms with Crippen LogP contribution in [0.4, 0.5) is 10.1 Å². The molecular weight excluding hydrogens is 445 g/mol. The Morgan fingerprint density at radius 1 is 0.970 bits per heavy atom. The number of ether oxygens (including phenoxy) is 2. The average molecular weight is 464 g/mol. The Bertz CT molecular complexity index is 1240. The zero-order valence-corrected chi connectivity index (χ0v) is 18.2. The molecule has 5 nitrogen and oxygen atoms in total. The van der Waals surface area contributed by atoms with Crippen LogP contribution >= 0.6 is 11.6 Å². The second kappa shape index (κ2) is 8.71. The van der Waals surface area contributed by atoms with Gasteiger partial charge in [0.15, 0.2) is 0 Å². The molecule has 3 aromatic rings. The summed E-state index contributed by atoms with van der Waals surface area (Å²) in [6.45, 7) is 0.358. The quantitative estimate of drug-likeness (QED) is 0.476. The van der Waals surface area contributed by atoms with Gasteiger partial charge in [-0.05, 0) is 59.7 Å². The molecule has 1 atom stereocenters. The van der Waals surface area contributed by atoms with Crippen LogP contribution in [0.15, 0.2) is 84.1 Å². The normalized spacial score (nSPS) is 17.8. The molecule has 0 aromatic heterocycles. The molecular formula is C26H19ClFNO4. The Balaban J connectivity index is 1.38. The number of rotatable bonds is 5. The van der Waals surface area contributed by atoms with Crippen molar-refractivity contribution in [2.45, 2.75) is 18.9 Å². The maximum absolute atomic E-state index is 13.1. The average Bonchev–Trinajstić information content (AvgIpc) is 3.21. The SMILES string of the molecule is O=C1OCC2=C1C(c1ccc(OCc3ccc(F)cc3)cc1)CC(=O)N2c1ccc(Cl)cc1. The summed E-state index contributed by atoms with van der Waals surface area (Å²) in [4.78, 5) is 27.2. The Kier molecular flexibility index (Phi) is 5.60. The highest BCUT2D eigenvalue weighted by Gasteiger charge is 2.42. The standard InChI is InChI=1S/C26H19ClFNO4/c27-18-5-9-20(10-6-18)29-23-15-33-26(31)25(23)22(13-24(29)30)17-3-11-21(12-4-17)32-14-16-1-7-19(28)8-2-16/h1-12,22H,13-15H2. The van der Waals surface area contributed by atoms with Gasteiger partial charge in [-0.3, -0.25) is 9.69 Å². The lowest BCUT2D eigenvalue weighted by Gasteiger charge is -2.32. The molecule has 0 bridgehead atoms. The van der Waals surface area contributed by atoms with Gasteiger partial charge in [-0.2, -0.15) is 0 Å². The third kappa shape index (κ3) is 4.22. The van der Waals surface area contributed by atoms with E-state index in [2.05, 4.69) is 0 Å². The van der Waals surface area contributed by atoms with Crippen LogP contribution in [0.25, 0.3) is 0 Å². The molecule has 166 valence electrons. The summed E-state index contributed by atoms with van der Waals surface area (Å²) < 4.78 is 24.1. The Hall–Kier alpha value is -3.64. The van der Waals surface area contributed by atoms with E-state index in [0.29, 0.717) is 34.3 Å². The molecule has 5 rings (SSSR count). The van der Waals surface area contributed by atoms with Crippen LogP contribution in [0.3, 0.4) is 0 Å². The molecule has 0 saturated heterocycles. The minimum Gasteiger partial charge on any atom is -0.489 e. The van der Waals surface area contributed by atoms with Gasteiger partial charge in [0.1, 0.15) is 24.8 Å². The van der Waals surface area contributed by atoms with Crippen molar-refractivity contribution in [3.05, 3.63) is 106 Å². The maximum Gasteiger partial charge on any atom is 0.336 e. The van der Waals surface area contributed by atoms with Crippen LogP contribution in [-0.4, -0.2) is 18.5 Å². The van der Waals surface area contributed by atoms with Gasteiger partial charge in [0.2, 0.25) is 5.91 Å². The van der Waals surface area contributed by atoms with Crippen molar-refractivity contribution >= 4 is 29.2 Å². The van der Waals surface area contributed by atoms with Crippen molar-refractivity contribution in [2.24, 2.45) is 0 Å². The lowest BCUT2D eigenvalue weighted by molar-refractivity contribution is -0.136. The number of anilines is 1. The van der Waals surface area contributed by atoms with Gasteiger partial charge in [0, 0.05) is 23.0 Å². The molecule has 0 aliphatic carbocycles. The van der Waals surface area contributed by atoms with E-state index >= 15 is 0 Å². The highest BCUT2D eigenvalue weighted by atomic mass is 35.5. The van der Waals surface area contributed by atoms with Gasteiger partial charge in [0.05, 0.1) is 11.3 Å². The van der Waals surface area contributed by atoms with Crippen molar-refractivity contribution in [2.75, 3.05) is 11.5 Å². The molecule has 1 unspecified atom stereocenters. The fourth-order valence-electron chi connectivity index (χ4n) is 4.17. The molecule has 0 saturated carbocycles. The van der Waals surface area contributed by atoms with Crippen molar-refractivity contribution in [1.82, 2.24) is 0 Å². The Morgan fingerprint density at radius 2 is 1.67 bits per heavy atom. The minimum absolute atomic E-state index is 0.0535. The molecule has 0 fully saturated rings. The molecule has 0 spiro atoms. The van der Waals surface area contributed by atoms with E-state index in [1.807, 2.05) is 12.1 Å². The molecule has 7 heteroatoms. The Morgan fingerprint density at radius 3 is 2.36 bits per heavy atom. The second-order valence-corrected chi connectivity index (χ2v) is 8.32. The first-order chi connectivity index (χ1) is 16.0. The van der Waals surface area contributed by atoms with Gasteiger partial charge in [-0.15, -0.1) is 0 Å². The van der Waals surface area contributed by atoms with E-state index in [1.54, 1.807) is 53.4 Å². The third-order valence-electron chi connectivity index (χ3n) is 5.80. The number of hydrogen-bond donors (Lipinski definition) is 0. The van der Waals surface area contributed by atoms with E-state index in [1.165, 1.54) is 12.1 Å². The number of esters is 1. The molecule has 1 amide bonds. The van der Waals surface area contributed by atoms with Gasteiger partial charge in [0.25, 0.3) is 0 Å². The minimum atomic E-state index is -0.405. The summed E-state index contributed by atoms with van der Waals surface area (Å²) in [5.41, 5.74) is 3.41. The zero-order chi connectivity index (χ0) is 22.9. The largest absolute Gasteiger partial charge is 0.489 e. The first-order valence-electron chi connectivity index (χ1n) is 10.5. The highest BCUT2D eigenvalue weighted by Crippen LogP contribution is 2.42. The fourth-order valence-corrected chi connectivity index (χ4v) is 4.30. The van der Waals surface area contributed by atoms with Crippen LogP contribution in [-0.2, 0) is 20.9 Å². The number of halogens is 2. The summed E-state index contributed by atoms with van der Waals surface area (Å²) in [6.07, 6.45) is 0.145. The molecule has 33 heavy (non-hydrogen) atoms. The molecule has 0 radical (unpaired) electrons. The highest BCUT2D eigenvalue weighted by molar-refractivity contribution is 6.30. The summed E-state index contributed by atoms with van der Waals surface area (Å²) in [5, 5.41) is 0.566. The summed E-state index contributed by atoms with van der Waals surface area (Å²) in [5.74, 6) is -0.568. The fraction of sp³-hybridized carbons (Fsp3) is 0.154. The first-order valence-corrected chi connectivity index (χ1v) is 10.8. The molecule has 0 N–H and O–H groups in total. The monoisotopic (exact) mass is 463 g/mol. The number of nitrogens with zero attached hydrogens (tertiary/aromatic N) is 1. The second-order valence-electron chi connectivity index (χ2n) is 7.88. The van der Waals surface area contributed by atoms with E-state index in [9.17, 15) is 14.0 Å². The lowest BCUT2D eigenvalue weighted by atomic mass is 9.84. The Labute approximate surface area is 195 Å². The van der Waals surface area contributed by atoms with E-state index in [4.69, 9.17) is 21.1 Å².